The molecular formula is C18H16F3N5O4. The van der Waals surface area contributed by atoms with Crippen LogP contribution in [0.5, 0.6) is 11.8 Å². The number of nitrogens with zero attached hydrogens (tertiary/aromatic N) is 4. The minimum Gasteiger partial charge on any atom is -0.468 e. The maximum Gasteiger partial charge on any atom is 0.422 e. The minimum absolute atomic E-state index is 0.0301. The van der Waals surface area contributed by atoms with Gasteiger partial charge in [0.15, 0.2) is 13.3 Å². The lowest BCUT2D eigenvalue weighted by molar-refractivity contribution is -0.154. The van der Waals surface area contributed by atoms with Gasteiger partial charge in [-0.15, -0.1) is 0 Å². The number of rotatable bonds is 5. The van der Waals surface area contributed by atoms with Crippen LogP contribution in [0.15, 0.2) is 24.4 Å². The van der Waals surface area contributed by atoms with E-state index in [1.807, 2.05) is 0 Å². The van der Waals surface area contributed by atoms with Crippen molar-refractivity contribution in [2.24, 2.45) is 5.92 Å². The van der Waals surface area contributed by atoms with Crippen LogP contribution in [0.4, 0.5) is 19.1 Å². The second-order valence-corrected chi connectivity index (χ2v) is 6.82. The molecule has 0 aromatic carbocycles. The van der Waals surface area contributed by atoms with Crippen molar-refractivity contribution in [2.45, 2.75) is 25.6 Å². The normalized spacial score (nSPS) is 15.8. The highest BCUT2D eigenvalue weighted by atomic mass is 19.4. The summed E-state index contributed by atoms with van der Waals surface area (Å²) in [5, 5.41) is 2.58. The van der Waals surface area contributed by atoms with Crippen LogP contribution in [0, 0.1) is 5.92 Å². The monoisotopic (exact) mass is 423 g/mol. The first-order valence-electron chi connectivity index (χ1n) is 9.04. The highest BCUT2D eigenvalue weighted by Gasteiger charge is 2.31. The van der Waals surface area contributed by atoms with E-state index in [1.54, 1.807) is 0 Å². The van der Waals surface area contributed by atoms with Gasteiger partial charge in [-0.1, -0.05) is 0 Å². The molecule has 1 N–H and O–H groups in total. The lowest BCUT2D eigenvalue weighted by atomic mass is 10.2. The molecule has 4 rings (SSSR count). The predicted molar refractivity (Wildman–Crippen MR) is 94.5 cm³/mol. The Hall–Kier alpha value is -3.44. The Morgan fingerprint density at radius 3 is 2.77 bits per heavy atom. The lowest BCUT2D eigenvalue weighted by Crippen LogP contribution is -2.38. The zero-order chi connectivity index (χ0) is 21.3. The van der Waals surface area contributed by atoms with E-state index in [2.05, 4.69) is 25.0 Å². The number of carbonyl (C=O) groups excluding carboxylic acids is 2. The van der Waals surface area contributed by atoms with Crippen LogP contribution in [0.25, 0.3) is 0 Å². The Balaban J connectivity index is 1.41. The predicted octanol–water partition coefficient (Wildman–Crippen LogP) is 2.15. The fourth-order valence-corrected chi connectivity index (χ4v) is 2.71. The molecule has 1 fully saturated rings. The number of pyridine rings is 1. The van der Waals surface area contributed by atoms with Gasteiger partial charge in [0, 0.05) is 23.7 Å². The van der Waals surface area contributed by atoms with Gasteiger partial charge >= 0.3 is 6.18 Å². The molecule has 2 aromatic rings. The van der Waals surface area contributed by atoms with Gasteiger partial charge in [-0.25, -0.2) is 9.97 Å². The average molecular weight is 423 g/mol. The van der Waals surface area contributed by atoms with Crippen LogP contribution in [0.2, 0.25) is 0 Å². The first kappa shape index (κ1) is 19.9. The molecule has 1 aliphatic carbocycles. The number of fused-ring (bicyclic) bond motifs is 1. The molecule has 3 heterocycles. The summed E-state index contributed by atoms with van der Waals surface area (Å²) in [5.41, 5.74) is 0.575. The number of ether oxygens (including phenoxy) is 2. The maximum absolute atomic E-state index is 12.7. The number of hydrogen-bond donors (Lipinski definition) is 1. The van der Waals surface area contributed by atoms with Crippen molar-refractivity contribution in [3.63, 3.8) is 0 Å². The number of carbonyl (C=O) groups is 2. The van der Waals surface area contributed by atoms with E-state index in [9.17, 15) is 22.8 Å². The van der Waals surface area contributed by atoms with Crippen LogP contribution in [0.3, 0.4) is 0 Å². The van der Waals surface area contributed by atoms with Crippen molar-refractivity contribution in [2.75, 3.05) is 18.7 Å². The summed E-state index contributed by atoms with van der Waals surface area (Å²) < 4.78 is 46.8. The fourth-order valence-electron chi connectivity index (χ4n) is 2.71. The summed E-state index contributed by atoms with van der Waals surface area (Å²) in [6.07, 6.45) is -1.46. The van der Waals surface area contributed by atoms with Crippen LogP contribution in [-0.4, -0.2) is 51.2 Å². The maximum atomic E-state index is 12.7. The molecule has 1 saturated carbocycles. The van der Waals surface area contributed by atoms with E-state index < -0.39 is 18.7 Å². The van der Waals surface area contributed by atoms with E-state index >= 15 is 0 Å². The third-order valence-corrected chi connectivity index (χ3v) is 4.36. The van der Waals surface area contributed by atoms with E-state index in [0.717, 1.165) is 12.8 Å². The summed E-state index contributed by atoms with van der Waals surface area (Å²) >= 11 is 0. The van der Waals surface area contributed by atoms with E-state index in [-0.39, 0.29) is 48.5 Å². The number of aromatic nitrogens is 3. The van der Waals surface area contributed by atoms with Gasteiger partial charge in [-0.3, -0.25) is 19.8 Å². The Labute approximate surface area is 168 Å². The second-order valence-electron chi connectivity index (χ2n) is 6.82. The van der Waals surface area contributed by atoms with Gasteiger partial charge in [-0.2, -0.15) is 18.2 Å². The third-order valence-electron chi connectivity index (χ3n) is 4.36. The van der Waals surface area contributed by atoms with Crippen LogP contribution < -0.4 is 14.8 Å². The molecule has 2 aromatic heterocycles. The van der Waals surface area contributed by atoms with Gasteiger partial charge in [0.1, 0.15) is 5.69 Å². The third kappa shape index (κ3) is 4.75. The molecule has 30 heavy (non-hydrogen) atoms. The van der Waals surface area contributed by atoms with E-state index in [0.29, 0.717) is 5.56 Å². The number of anilines is 1. The summed E-state index contributed by atoms with van der Waals surface area (Å²) in [5.74, 6) is -0.745. The molecule has 0 atom stereocenters. The highest BCUT2D eigenvalue weighted by molar-refractivity contribution is 5.95. The number of hydrogen-bond acceptors (Lipinski definition) is 7. The molecule has 158 valence electrons. The standard InChI is InChI=1S/C18H16F3N5O4/c19-18(20,21)8-29-13-4-3-11-7-26(9-30-15(11)24-13)16(28)12-5-6-22-17(23-12)25-14(27)10-1-2-10/h3-6,10H,1-2,7-9H2,(H,22,23,25,27). The van der Waals surface area contributed by atoms with Gasteiger partial charge in [-0.05, 0) is 25.0 Å². The summed E-state index contributed by atoms with van der Waals surface area (Å²) in [7, 11) is 0. The van der Waals surface area contributed by atoms with Gasteiger partial charge in [0.2, 0.25) is 23.6 Å². The molecule has 2 aliphatic rings. The zero-order valence-electron chi connectivity index (χ0n) is 15.5. The van der Waals surface area contributed by atoms with Crippen LogP contribution in [-0.2, 0) is 11.3 Å². The second kappa shape index (κ2) is 7.76. The Bertz CT molecular complexity index is 981. The largest absolute Gasteiger partial charge is 0.468 e. The fraction of sp³-hybridized carbons (Fsp3) is 0.389. The first-order valence-corrected chi connectivity index (χ1v) is 9.04. The Kier molecular flexibility index (Phi) is 5.14. The molecule has 2 amide bonds. The van der Waals surface area contributed by atoms with Gasteiger partial charge < -0.3 is 9.47 Å². The smallest absolute Gasteiger partial charge is 0.422 e. The topological polar surface area (TPSA) is 107 Å². The summed E-state index contributed by atoms with van der Waals surface area (Å²) in [6, 6.07) is 4.17. The summed E-state index contributed by atoms with van der Waals surface area (Å²) in [4.78, 5) is 37.9. The van der Waals surface area contributed by atoms with Crippen molar-refractivity contribution in [3.05, 3.63) is 35.7 Å². The summed E-state index contributed by atoms with van der Waals surface area (Å²) in [6.45, 7) is -1.51. The molecular weight excluding hydrogens is 407 g/mol. The molecule has 0 spiro atoms. The van der Waals surface area contributed by atoms with Crippen molar-refractivity contribution in [1.82, 2.24) is 19.9 Å². The lowest BCUT2D eigenvalue weighted by Gasteiger charge is -2.28. The number of alkyl halides is 3. The molecule has 1 aliphatic heterocycles. The van der Waals surface area contributed by atoms with Gasteiger partial charge in [0.25, 0.3) is 5.91 Å². The van der Waals surface area contributed by atoms with Crippen LogP contribution >= 0.6 is 0 Å². The van der Waals surface area contributed by atoms with Crippen molar-refractivity contribution in [3.8, 4) is 11.8 Å². The van der Waals surface area contributed by atoms with Crippen molar-refractivity contribution < 1.29 is 32.2 Å². The SMILES string of the molecule is O=C(Nc1nccc(C(=O)N2COc3nc(OCC(F)(F)F)ccc3C2)n1)C1CC1. The first-order chi connectivity index (χ1) is 14.3. The van der Waals surface area contributed by atoms with E-state index in [1.165, 1.54) is 29.3 Å². The van der Waals surface area contributed by atoms with E-state index in [4.69, 9.17) is 4.74 Å². The molecule has 0 radical (unpaired) electrons. The van der Waals surface area contributed by atoms with Crippen LogP contribution in [0.1, 0.15) is 28.9 Å². The molecule has 0 unspecified atom stereocenters. The molecule has 0 bridgehead atoms. The molecule has 0 saturated heterocycles. The quantitative estimate of drug-likeness (QED) is 0.785. The molecule has 9 nitrogen and oxygen atoms in total. The average Bonchev–Trinajstić information content (AvgIpc) is 3.56. The van der Waals surface area contributed by atoms with Crippen molar-refractivity contribution >= 4 is 17.8 Å². The number of halogens is 3. The molecule has 12 heteroatoms. The highest BCUT2D eigenvalue weighted by Crippen LogP contribution is 2.30. The minimum atomic E-state index is -4.48. The zero-order valence-corrected chi connectivity index (χ0v) is 15.5. The Morgan fingerprint density at radius 1 is 1.23 bits per heavy atom. The number of nitrogens with one attached hydrogen (secondary N) is 1. The van der Waals surface area contributed by atoms with Gasteiger partial charge in [0.05, 0.1) is 6.54 Å². The Morgan fingerprint density at radius 2 is 2.03 bits per heavy atom. The number of amides is 2. The van der Waals surface area contributed by atoms with Crippen molar-refractivity contribution in [1.29, 1.82) is 0 Å².